The third-order valence-corrected chi connectivity index (χ3v) is 7.23. The molecule has 2 aliphatic heterocycles. The van der Waals surface area contributed by atoms with Crippen LogP contribution in [0.5, 0.6) is 5.75 Å². The topological polar surface area (TPSA) is 85.1 Å². The lowest BCUT2D eigenvalue weighted by molar-refractivity contribution is -0.132. The molecule has 2 N–H and O–H groups in total. The molecule has 2 heterocycles. The van der Waals surface area contributed by atoms with Gasteiger partial charge in [0.1, 0.15) is 12.3 Å². The molecule has 7 nitrogen and oxygen atoms in total. The number of alkyl halides is 1. The highest BCUT2D eigenvalue weighted by molar-refractivity contribution is 5.85. The lowest BCUT2D eigenvalue weighted by atomic mass is 9.87. The summed E-state index contributed by atoms with van der Waals surface area (Å²) in [5.41, 5.74) is 7.46. The van der Waals surface area contributed by atoms with E-state index in [1.165, 1.54) is 4.90 Å². The molecule has 2 amide bonds. The molecule has 214 valence electrons. The van der Waals surface area contributed by atoms with Gasteiger partial charge in [-0.3, -0.25) is 4.79 Å². The van der Waals surface area contributed by atoms with Gasteiger partial charge in [0, 0.05) is 31.6 Å². The largest absolute Gasteiger partial charge is 0.487 e. The molecule has 0 radical (unpaired) electrons. The maximum absolute atomic E-state index is 15.6. The van der Waals surface area contributed by atoms with Crippen LogP contribution >= 0.6 is 12.4 Å². The maximum atomic E-state index is 15.6. The van der Waals surface area contributed by atoms with Gasteiger partial charge >= 0.3 is 6.09 Å². The zero-order valence-corrected chi connectivity index (χ0v) is 23.2. The molecular weight excluding hydrogens is 528 g/mol. The van der Waals surface area contributed by atoms with E-state index in [9.17, 15) is 14.0 Å². The third kappa shape index (κ3) is 7.82. The Morgan fingerprint density at radius 2 is 1.67 bits per heavy atom. The van der Waals surface area contributed by atoms with Crippen LogP contribution in [0, 0.1) is 11.7 Å². The van der Waals surface area contributed by atoms with E-state index in [4.69, 9.17) is 15.2 Å². The molecule has 0 aromatic heterocycles. The number of rotatable bonds is 8. The molecule has 4 rings (SSSR count). The van der Waals surface area contributed by atoms with Crippen molar-refractivity contribution in [1.82, 2.24) is 9.80 Å². The van der Waals surface area contributed by atoms with Crippen LogP contribution in [0.15, 0.2) is 48.5 Å². The molecule has 2 aliphatic rings. The summed E-state index contributed by atoms with van der Waals surface area (Å²) in [6, 6.07) is 13.3. The van der Waals surface area contributed by atoms with Crippen LogP contribution in [0.1, 0.15) is 39.5 Å². The van der Waals surface area contributed by atoms with Crippen molar-refractivity contribution in [3.05, 3.63) is 54.3 Å². The fraction of sp³-hybridized carbons (Fsp3) is 0.517. The number of nitrogens with zero attached hydrogens (tertiary/aromatic N) is 2. The predicted octanol–water partition coefficient (Wildman–Crippen LogP) is 5.21. The molecule has 0 saturated carbocycles. The molecule has 0 spiro atoms. The van der Waals surface area contributed by atoms with Gasteiger partial charge in [0.05, 0.1) is 18.7 Å². The van der Waals surface area contributed by atoms with E-state index in [1.54, 1.807) is 36.9 Å². The summed E-state index contributed by atoms with van der Waals surface area (Å²) in [4.78, 5) is 28.4. The van der Waals surface area contributed by atoms with E-state index in [2.05, 4.69) is 0 Å². The molecule has 39 heavy (non-hydrogen) atoms. The first kappa shape index (κ1) is 30.6. The third-order valence-electron chi connectivity index (χ3n) is 7.23. The van der Waals surface area contributed by atoms with Gasteiger partial charge in [-0.2, -0.15) is 0 Å². The summed E-state index contributed by atoms with van der Waals surface area (Å²) in [7, 11) is 0. The van der Waals surface area contributed by atoms with E-state index < -0.39 is 24.1 Å². The Morgan fingerprint density at radius 3 is 2.28 bits per heavy atom. The number of halogens is 3. The molecular formula is C29H38ClF2N3O4. The van der Waals surface area contributed by atoms with Crippen LogP contribution in [0.3, 0.4) is 0 Å². The van der Waals surface area contributed by atoms with Gasteiger partial charge in [-0.25, -0.2) is 13.6 Å². The lowest BCUT2D eigenvalue weighted by Crippen LogP contribution is -2.48. The maximum Gasteiger partial charge on any atom is 0.410 e. The number of likely N-dealkylation sites (tertiary alicyclic amines) is 2. The second kappa shape index (κ2) is 13.9. The number of hydrogen-bond donors (Lipinski definition) is 1. The molecule has 0 aliphatic carbocycles. The molecule has 2 saturated heterocycles. The number of ether oxygens (including phenoxy) is 2. The van der Waals surface area contributed by atoms with Crippen LogP contribution in [0.2, 0.25) is 0 Å². The molecule has 2 aromatic rings. The Labute approximate surface area is 235 Å². The summed E-state index contributed by atoms with van der Waals surface area (Å²) in [6.07, 6.45) is -0.536. The van der Waals surface area contributed by atoms with Crippen molar-refractivity contribution < 1.29 is 27.8 Å². The first-order valence-corrected chi connectivity index (χ1v) is 13.4. The Kier molecular flexibility index (Phi) is 10.9. The van der Waals surface area contributed by atoms with Crippen molar-refractivity contribution in [1.29, 1.82) is 0 Å². The summed E-state index contributed by atoms with van der Waals surface area (Å²) in [5, 5.41) is 0. The summed E-state index contributed by atoms with van der Waals surface area (Å²) in [5.74, 6) is -0.788. The smallest absolute Gasteiger partial charge is 0.410 e. The Balaban J connectivity index is 0.00000420. The number of benzene rings is 2. The fourth-order valence-electron chi connectivity index (χ4n) is 5.18. The number of nitrogens with two attached hydrogens (primary N) is 1. The summed E-state index contributed by atoms with van der Waals surface area (Å²) in [6.45, 7) is 4.90. The molecule has 0 unspecified atom stereocenters. The van der Waals surface area contributed by atoms with Crippen LogP contribution in [-0.2, 0) is 9.53 Å². The van der Waals surface area contributed by atoms with Gasteiger partial charge in [-0.1, -0.05) is 42.5 Å². The number of carbonyl (C=O) groups excluding carboxylic acids is 2. The highest BCUT2D eigenvalue weighted by Gasteiger charge is 2.36. The van der Waals surface area contributed by atoms with Gasteiger partial charge in [-0.05, 0) is 50.7 Å². The fourth-order valence-corrected chi connectivity index (χ4v) is 5.18. The van der Waals surface area contributed by atoms with Gasteiger partial charge < -0.3 is 25.0 Å². The van der Waals surface area contributed by atoms with Crippen LogP contribution in [-0.4, -0.2) is 72.4 Å². The number of piperidine rings is 1. The zero-order valence-electron chi connectivity index (χ0n) is 22.4. The van der Waals surface area contributed by atoms with E-state index in [0.29, 0.717) is 44.5 Å². The predicted molar refractivity (Wildman–Crippen MR) is 148 cm³/mol. The Bertz CT molecular complexity index is 1100. The van der Waals surface area contributed by atoms with E-state index in [-0.39, 0.29) is 55.1 Å². The van der Waals surface area contributed by atoms with Crippen LogP contribution in [0.4, 0.5) is 13.6 Å². The molecule has 3 atom stereocenters. The van der Waals surface area contributed by atoms with Crippen molar-refractivity contribution in [3.63, 3.8) is 0 Å². The first-order chi connectivity index (χ1) is 18.2. The quantitative estimate of drug-likeness (QED) is 0.475. The zero-order chi connectivity index (χ0) is 27.2. The summed E-state index contributed by atoms with van der Waals surface area (Å²) >= 11 is 0. The average Bonchev–Trinajstić information content (AvgIpc) is 3.35. The Morgan fingerprint density at radius 1 is 1.00 bits per heavy atom. The van der Waals surface area contributed by atoms with Crippen LogP contribution in [0.25, 0.3) is 11.1 Å². The number of hydrogen-bond acceptors (Lipinski definition) is 5. The molecule has 2 fully saturated rings. The monoisotopic (exact) mass is 565 g/mol. The first-order valence-electron chi connectivity index (χ1n) is 13.4. The highest BCUT2D eigenvalue weighted by Crippen LogP contribution is 2.33. The minimum atomic E-state index is -1.04. The molecule has 2 aromatic carbocycles. The van der Waals surface area contributed by atoms with Gasteiger partial charge in [0.2, 0.25) is 5.91 Å². The van der Waals surface area contributed by atoms with Gasteiger partial charge in [-0.15, -0.1) is 12.4 Å². The van der Waals surface area contributed by atoms with Crippen molar-refractivity contribution in [2.45, 2.75) is 64.0 Å². The number of carbonyl (C=O) groups is 2. The van der Waals surface area contributed by atoms with E-state index in [0.717, 1.165) is 5.56 Å². The van der Waals surface area contributed by atoms with Crippen molar-refractivity contribution in [2.75, 3.05) is 26.2 Å². The van der Waals surface area contributed by atoms with Crippen molar-refractivity contribution >= 4 is 24.4 Å². The summed E-state index contributed by atoms with van der Waals surface area (Å²) < 4.78 is 40.9. The second-order valence-corrected chi connectivity index (χ2v) is 10.4. The lowest BCUT2D eigenvalue weighted by Gasteiger charge is -2.37. The van der Waals surface area contributed by atoms with Crippen molar-refractivity contribution in [3.8, 4) is 16.9 Å². The van der Waals surface area contributed by atoms with Gasteiger partial charge in [0.25, 0.3) is 0 Å². The Hall–Kier alpha value is -2.91. The van der Waals surface area contributed by atoms with E-state index >= 15 is 4.39 Å². The van der Waals surface area contributed by atoms with Crippen molar-refractivity contribution in [2.24, 2.45) is 11.7 Å². The normalized spacial score (nSPS) is 19.4. The number of amides is 2. The highest BCUT2D eigenvalue weighted by atomic mass is 35.5. The standard InChI is InChI=1S/C29H37F2N3O4.ClH/c1-19(2)37-29(36)33-14-11-21(12-15-33)26(17-24(32)28(35)34-16-13-22(30)18-34)38-25-10-6-9-23(27(25)31)20-7-4-3-5-8-20;/h3-10,19,21-22,24,26H,11-18,32H2,1-2H3;1H/t22-,24-,26-;/m0./s1. The van der Waals surface area contributed by atoms with E-state index in [1.807, 2.05) is 30.3 Å². The SMILES string of the molecule is CC(C)OC(=O)N1CCC([C@H](C[C@H](N)C(=O)N2CC[C@H](F)C2)Oc2cccc(-c3ccccc3)c2F)CC1.Cl. The van der Waals surface area contributed by atoms with Crippen LogP contribution < -0.4 is 10.5 Å². The average molecular weight is 566 g/mol. The molecule has 0 bridgehead atoms. The minimum absolute atomic E-state index is 0. The second-order valence-electron chi connectivity index (χ2n) is 10.4. The minimum Gasteiger partial charge on any atom is -0.487 e. The van der Waals surface area contributed by atoms with Gasteiger partial charge in [0.15, 0.2) is 11.6 Å². The molecule has 10 heteroatoms.